The molecule has 1 unspecified atom stereocenters. The van der Waals surface area contributed by atoms with Gasteiger partial charge in [0.2, 0.25) is 11.8 Å². The second-order valence-corrected chi connectivity index (χ2v) is 5.09. The van der Waals surface area contributed by atoms with E-state index in [-0.39, 0.29) is 5.91 Å². The number of carbonyl (C=O) groups is 2. The monoisotopic (exact) mass is 334 g/mol. The van der Waals surface area contributed by atoms with Crippen LogP contribution in [-0.2, 0) is 14.3 Å². The molecule has 5 atom stereocenters. The molecule has 0 aromatic rings. The minimum absolute atomic E-state index is 0.0625. The van der Waals surface area contributed by atoms with Gasteiger partial charge in [0.15, 0.2) is 6.29 Å². The molecule has 0 saturated carbocycles. The summed E-state index contributed by atoms with van der Waals surface area (Å²) in [5.41, 5.74) is 0.562. The van der Waals surface area contributed by atoms with Crippen LogP contribution in [0.1, 0.15) is 20.8 Å². The first-order chi connectivity index (χ1) is 10.6. The van der Waals surface area contributed by atoms with Crippen molar-refractivity contribution < 1.29 is 34.8 Å². The lowest BCUT2D eigenvalue weighted by Crippen LogP contribution is -2.63. The zero-order valence-corrected chi connectivity index (χ0v) is 13.5. The van der Waals surface area contributed by atoms with Gasteiger partial charge in [-0.25, -0.2) is 0 Å². The summed E-state index contributed by atoms with van der Waals surface area (Å²) >= 11 is 0. The van der Waals surface area contributed by atoms with E-state index in [1.54, 1.807) is 6.92 Å². The van der Waals surface area contributed by atoms with Gasteiger partial charge in [-0.3, -0.25) is 9.59 Å². The first kappa shape index (κ1) is 21.5. The van der Waals surface area contributed by atoms with Gasteiger partial charge in [0.1, 0.15) is 24.4 Å². The Hall–Kier alpha value is -1.52. The van der Waals surface area contributed by atoms with Gasteiger partial charge in [0, 0.05) is 19.0 Å². The molecule has 1 aliphatic heterocycles. The molecule has 23 heavy (non-hydrogen) atoms. The van der Waals surface area contributed by atoms with Crippen LogP contribution < -0.4 is 10.6 Å². The van der Waals surface area contributed by atoms with Crippen molar-refractivity contribution in [1.82, 2.24) is 10.6 Å². The SMILES string of the molecule is C=C(C)C(=O)NCC.CC(=O)N[C@H]1C(O)O[C@H](CO)[C@H](O)[C@@H]1O. The Bertz CT molecular complexity index is 416. The lowest BCUT2D eigenvalue weighted by Gasteiger charge is -2.40. The van der Waals surface area contributed by atoms with Crippen LogP contribution in [0.25, 0.3) is 0 Å². The summed E-state index contributed by atoms with van der Waals surface area (Å²) in [4.78, 5) is 21.3. The topological polar surface area (TPSA) is 148 Å². The van der Waals surface area contributed by atoms with Crippen molar-refractivity contribution in [3.8, 4) is 0 Å². The second kappa shape index (κ2) is 10.3. The van der Waals surface area contributed by atoms with E-state index < -0.39 is 43.2 Å². The van der Waals surface area contributed by atoms with Crippen LogP contribution in [0.2, 0.25) is 0 Å². The van der Waals surface area contributed by atoms with Crippen LogP contribution in [0.4, 0.5) is 0 Å². The predicted octanol–water partition coefficient (Wildman–Crippen LogP) is -2.38. The van der Waals surface area contributed by atoms with E-state index in [2.05, 4.69) is 17.2 Å². The van der Waals surface area contributed by atoms with Crippen LogP contribution in [0.3, 0.4) is 0 Å². The van der Waals surface area contributed by atoms with Crippen LogP contribution >= 0.6 is 0 Å². The third-order valence-electron chi connectivity index (χ3n) is 3.00. The first-order valence-electron chi connectivity index (χ1n) is 7.16. The number of ether oxygens (including phenoxy) is 1. The van der Waals surface area contributed by atoms with Crippen molar-refractivity contribution in [2.75, 3.05) is 13.2 Å². The maximum absolute atomic E-state index is 10.7. The molecule has 2 amide bonds. The maximum Gasteiger partial charge on any atom is 0.246 e. The Morgan fingerprint density at radius 3 is 2.09 bits per heavy atom. The fourth-order valence-electron chi connectivity index (χ4n) is 1.80. The summed E-state index contributed by atoms with van der Waals surface area (Å²) < 4.78 is 4.81. The van der Waals surface area contributed by atoms with Crippen molar-refractivity contribution in [3.05, 3.63) is 12.2 Å². The minimum Gasteiger partial charge on any atom is -0.394 e. The number of amides is 2. The number of carbonyl (C=O) groups excluding carboxylic acids is 2. The first-order valence-corrected chi connectivity index (χ1v) is 7.16. The van der Waals surface area contributed by atoms with E-state index in [1.807, 2.05) is 6.92 Å². The Kier molecular flexibility index (Phi) is 9.61. The number of rotatable bonds is 4. The van der Waals surface area contributed by atoms with Crippen molar-refractivity contribution in [2.45, 2.75) is 51.4 Å². The van der Waals surface area contributed by atoms with E-state index >= 15 is 0 Å². The smallest absolute Gasteiger partial charge is 0.246 e. The molecule has 1 rings (SSSR count). The third kappa shape index (κ3) is 7.06. The number of hydrogen-bond donors (Lipinski definition) is 6. The molecule has 0 aliphatic carbocycles. The van der Waals surface area contributed by atoms with Gasteiger partial charge in [0.05, 0.1) is 6.61 Å². The standard InChI is InChI=1S/C8H15NO6.C6H11NO/c1-3(11)9-5-7(13)6(12)4(2-10)15-8(5)14;1-4-7-6(8)5(2)3/h4-8,10,12-14H,2H2,1H3,(H,9,11);2,4H2,1,3H3,(H,7,8)/t4-,5-,6+,7-,8?;/m1./s1. The van der Waals surface area contributed by atoms with Gasteiger partial charge in [-0.2, -0.15) is 0 Å². The van der Waals surface area contributed by atoms with Crippen LogP contribution in [-0.4, -0.2) is 76.0 Å². The van der Waals surface area contributed by atoms with E-state index in [9.17, 15) is 24.9 Å². The summed E-state index contributed by atoms with van der Waals surface area (Å²) in [6, 6.07) is -1.10. The van der Waals surface area contributed by atoms with Gasteiger partial charge in [-0.05, 0) is 13.8 Å². The number of hydrogen-bond acceptors (Lipinski definition) is 7. The van der Waals surface area contributed by atoms with E-state index in [0.29, 0.717) is 12.1 Å². The molecule has 1 aliphatic rings. The highest BCUT2D eigenvalue weighted by Gasteiger charge is 2.43. The second-order valence-electron chi connectivity index (χ2n) is 5.09. The zero-order chi connectivity index (χ0) is 18.2. The van der Waals surface area contributed by atoms with Gasteiger partial charge in [-0.15, -0.1) is 0 Å². The summed E-state index contributed by atoms with van der Waals surface area (Å²) in [5.74, 6) is -0.524. The van der Waals surface area contributed by atoms with E-state index in [1.165, 1.54) is 6.92 Å². The quantitative estimate of drug-likeness (QED) is 0.314. The van der Waals surface area contributed by atoms with E-state index in [4.69, 9.17) is 9.84 Å². The van der Waals surface area contributed by atoms with Crippen LogP contribution in [0, 0.1) is 0 Å². The molecule has 0 radical (unpaired) electrons. The van der Waals surface area contributed by atoms with Crippen molar-refractivity contribution in [2.24, 2.45) is 0 Å². The molecular weight excluding hydrogens is 308 g/mol. The average molecular weight is 334 g/mol. The summed E-state index contributed by atoms with van der Waals surface area (Å²) in [6.45, 7) is 8.38. The Labute approximate surface area is 135 Å². The number of aliphatic hydroxyl groups excluding tert-OH is 4. The highest BCUT2D eigenvalue weighted by Crippen LogP contribution is 2.19. The third-order valence-corrected chi connectivity index (χ3v) is 3.00. The molecule has 134 valence electrons. The van der Waals surface area contributed by atoms with Crippen molar-refractivity contribution in [3.63, 3.8) is 0 Å². The lowest BCUT2D eigenvalue weighted by molar-refractivity contribution is -0.253. The molecule has 9 heteroatoms. The molecule has 9 nitrogen and oxygen atoms in total. The molecule has 0 aromatic carbocycles. The summed E-state index contributed by atoms with van der Waals surface area (Å²) in [6.07, 6.45) is -5.24. The fourth-order valence-corrected chi connectivity index (χ4v) is 1.80. The average Bonchev–Trinajstić information content (AvgIpc) is 2.48. The Morgan fingerprint density at radius 1 is 1.17 bits per heavy atom. The molecule has 1 heterocycles. The highest BCUT2D eigenvalue weighted by molar-refractivity contribution is 5.91. The molecule has 1 fully saturated rings. The Morgan fingerprint density at radius 2 is 1.74 bits per heavy atom. The number of nitrogens with one attached hydrogen (secondary N) is 2. The lowest BCUT2D eigenvalue weighted by atomic mass is 9.97. The molecule has 0 aromatic heterocycles. The fraction of sp³-hybridized carbons (Fsp3) is 0.714. The molecule has 0 bridgehead atoms. The maximum atomic E-state index is 10.7. The number of likely N-dealkylation sites (N-methyl/N-ethyl adjacent to an activating group) is 1. The molecule has 0 spiro atoms. The molecular formula is C14H26N2O7. The van der Waals surface area contributed by atoms with Gasteiger partial charge < -0.3 is 35.8 Å². The Balaban J connectivity index is 0.000000515. The van der Waals surface area contributed by atoms with Gasteiger partial charge in [-0.1, -0.05) is 6.58 Å². The summed E-state index contributed by atoms with van der Waals surface area (Å²) in [7, 11) is 0. The molecule has 1 saturated heterocycles. The predicted molar refractivity (Wildman–Crippen MR) is 81.1 cm³/mol. The van der Waals surface area contributed by atoms with E-state index in [0.717, 1.165) is 0 Å². The van der Waals surface area contributed by atoms with Crippen molar-refractivity contribution in [1.29, 1.82) is 0 Å². The highest BCUT2D eigenvalue weighted by atomic mass is 16.6. The zero-order valence-electron chi connectivity index (χ0n) is 13.5. The molecule has 6 N–H and O–H groups in total. The largest absolute Gasteiger partial charge is 0.394 e. The van der Waals surface area contributed by atoms with Gasteiger partial charge >= 0.3 is 0 Å². The summed E-state index contributed by atoms with van der Waals surface area (Å²) in [5, 5.41) is 42.0. The van der Waals surface area contributed by atoms with Crippen molar-refractivity contribution >= 4 is 11.8 Å². The number of aliphatic hydroxyl groups is 4. The minimum atomic E-state index is -1.45. The van der Waals surface area contributed by atoms with Crippen LogP contribution in [0.15, 0.2) is 12.2 Å². The van der Waals surface area contributed by atoms with Crippen LogP contribution in [0.5, 0.6) is 0 Å². The normalized spacial score (nSPS) is 29.8. The van der Waals surface area contributed by atoms with Gasteiger partial charge in [0.25, 0.3) is 0 Å².